The molecule has 0 spiro atoms. The Labute approximate surface area is 169 Å². The van der Waals surface area contributed by atoms with Crippen molar-refractivity contribution in [2.45, 2.75) is 0 Å². The lowest BCUT2D eigenvalue weighted by Crippen LogP contribution is -3.00. The van der Waals surface area contributed by atoms with Gasteiger partial charge < -0.3 is 33.3 Å². The molecule has 0 fully saturated rings. The van der Waals surface area contributed by atoms with Crippen molar-refractivity contribution in [3.05, 3.63) is 39.7 Å². The number of hydrogen-bond donors (Lipinski definition) is 2. The Kier molecular flexibility index (Phi) is 11.0. The smallest absolute Gasteiger partial charge is 0.294 e. The standard InChI is InChI=1S/C12H16ClN5O2.ClH.I2/c1-16-4-5-17(8-16)3-2-15-11-7-12(18(19)20)10(14)6-9(11)13;;1-2/h4-7,15H,2-3,8,14H2,1H3;1H;/p-1. The van der Waals surface area contributed by atoms with Gasteiger partial charge in [-0.1, -0.05) is 11.6 Å². The molecule has 1 aromatic rings. The molecular weight excluding hydrogens is 571 g/mol. The summed E-state index contributed by atoms with van der Waals surface area (Å²) < 4.78 is 0. The van der Waals surface area contributed by atoms with Gasteiger partial charge in [-0.2, -0.15) is 0 Å². The zero-order valence-corrected chi connectivity index (χ0v) is 18.0. The maximum absolute atomic E-state index is 10.8. The van der Waals surface area contributed by atoms with E-state index in [-0.39, 0.29) is 23.8 Å². The van der Waals surface area contributed by atoms with Crippen molar-refractivity contribution in [3.8, 4) is 0 Å². The lowest BCUT2D eigenvalue weighted by Gasteiger charge is -2.18. The molecule has 0 amide bonds. The van der Waals surface area contributed by atoms with Gasteiger partial charge in [-0.3, -0.25) is 10.1 Å². The summed E-state index contributed by atoms with van der Waals surface area (Å²) in [5.74, 6) is 0. The fourth-order valence-corrected chi connectivity index (χ4v) is 2.18. The van der Waals surface area contributed by atoms with Crippen molar-refractivity contribution in [2.75, 3.05) is 37.9 Å². The monoisotopic (exact) mass is 586 g/mol. The molecule has 0 unspecified atom stereocenters. The molecule has 11 heteroatoms. The van der Waals surface area contributed by atoms with E-state index in [1.807, 2.05) is 19.4 Å². The van der Waals surface area contributed by atoms with Crippen molar-refractivity contribution < 1.29 is 17.3 Å². The summed E-state index contributed by atoms with van der Waals surface area (Å²) in [7, 11) is 1.99. The normalized spacial score (nSPS) is 12.3. The van der Waals surface area contributed by atoms with E-state index in [1.54, 1.807) is 0 Å². The van der Waals surface area contributed by atoms with Crippen LogP contribution in [0.4, 0.5) is 17.1 Å². The first-order valence-electron chi connectivity index (χ1n) is 6.21. The Morgan fingerprint density at radius 1 is 1.43 bits per heavy atom. The molecule has 1 heterocycles. The second-order valence-corrected chi connectivity index (χ2v) is 4.99. The van der Waals surface area contributed by atoms with Crippen LogP contribution in [-0.4, -0.2) is 41.5 Å². The first kappa shape index (κ1) is 22.6. The number of hydrogen-bond acceptors (Lipinski definition) is 6. The van der Waals surface area contributed by atoms with E-state index in [0.29, 0.717) is 17.3 Å². The minimum absolute atomic E-state index is 0. The summed E-state index contributed by atoms with van der Waals surface area (Å²) in [6.45, 7) is 2.23. The third-order valence-electron chi connectivity index (χ3n) is 2.96. The highest BCUT2D eigenvalue weighted by atomic mass is 128. The molecule has 0 aromatic heterocycles. The number of nitrogens with zero attached hydrogens (tertiary/aromatic N) is 3. The zero-order valence-electron chi connectivity index (χ0n) is 12.2. The molecule has 0 bridgehead atoms. The van der Waals surface area contributed by atoms with Crippen LogP contribution in [0, 0.1) is 10.1 Å². The Morgan fingerprint density at radius 3 is 2.61 bits per heavy atom. The fourth-order valence-electron chi connectivity index (χ4n) is 1.94. The zero-order chi connectivity index (χ0) is 16.7. The predicted octanol–water partition coefficient (Wildman–Crippen LogP) is 0.694. The molecular formula is C12H16Cl2I2N5O2-. The molecule has 3 N–H and O–H groups in total. The van der Waals surface area contributed by atoms with Crippen LogP contribution in [0.2, 0.25) is 5.02 Å². The number of halogens is 4. The number of anilines is 2. The molecule has 1 aliphatic rings. The second kappa shape index (κ2) is 11.2. The molecule has 7 nitrogen and oxygen atoms in total. The number of nitro benzene ring substituents is 1. The number of nitrogen functional groups attached to an aromatic ring is 1. The molecule has 0 atom stereocenters. The number of benzene rings is 1. The molecule has 0 saturated heterocycles. The summed E-state index contributed by atoms with van der Waals surface area (Å²) in [5, 5.41) is 14.3. The van der Waals surface area contributed by atoms with E-state index >= 15 is 0 Å². The highest BCUT2D eigenvalue weighted by Gasteiger charge is 2.15. The van der Waals surface area contributed by atoms with Crippen LogP contribution < -0.4 is 23.5 Å². The lowest BCUT2D eigenvalue weighted by atomic mass is 10.2. The maximum atomic E-state index is 10.8. The van der Waals surface area contributed by atoms with Crippen molar-refractivity contribution in [1.82, 2.24) is 9.80 Å². The van der Waals surface area contributed by atoms with E-state index in [1.165, 1.54) is 12.1 Å². The van der Waals surface area contributed by atoms with Crippen LogP contribution in [0.3, 0.4) is 0 Å². The summed E-state index contributed by atoms with van der Waals surface area (Å²) in [6.07, 6.45) is 3.98. The van der Waals surface area contributed by atoms with E-state index in [9.17, 15) is 10.1 Å². The highest BCUT2D eigenvalue weighted by molar-refractivity contribution is 15.0. The number of nitrogens with one attached hydrogen (secondary N) is 1. The summed E-state index contributed by atoms with van der Waals surface area (Å²) in [4.78, 5) is 14.5. The van der Waals surface area contributed by atoms with Gasteiger partial charge in [-0.15, -0.1) is 0 Å². The lowest BCUT2D eigenvalue weighted by molar-refractivity contribution is -0.383. The molecule has 0 aliphatic carbocycles. The third kappa shape index (κ3) is 6.93. The largest absolute Gasteiger partial charge is 1.00 e. The first-order valence-corrected chi connectivity index (χ1v) is 12.9. The van der Waals surface area contributed by atoms with Gasteiger partial charge in [-0.25, -0.2) is 0 Å². The van der Waals surface area contributed by atoms with Gasteiger partial charge in [0.1, 0.15) is 5.69 Å². The maximum Gasteiger partial charge on any atom is 0.294 e. The second-order valence-electron chi connectivity index (χ2n) is 4.58. The minimum atomic E-state index is -0.519. The van der Waals surface area contributed by atoms with Crippen LogP contribution >= 0.6 is 48.8 Å². The van der Waals surface area contributed by atoms with Crippen LogP contribution in [0.25, 0.3) is 0 Å². The number of nitrogens with two attached hydrogens (primary N) is 1. The average Bonchev–Trinajstić information content (AvgIpc) is 2.88. The Morgan fingerprint density at radius 2 is 2.09 bits per heavy atom. The quantitative estimate of drug-likeness (QED) is 0.229. The topological polar surface area (TPSA) is 87.7 Å². The highest BCUT2D eigenvalue weighted by Crippen LogP contribution is 2.32. The third-order valence-corrected chi connectivity index (χ3v) is 3.28. The van der Waals surface area contributed by atoms with E-state index in [2.05, 4.69) is 52.3 Å². The molecule has 0 saturated carbocycles. The average molecular weight is 587 g/mol. The Bertz CT molecular complexity index is 562. The molecule has 1 aromatic carbocycles. The number of rotatable bonds is 5. The van der Waals surface area contributed by atoms with Crippen molar-refractivity contribution in [2.24, 2.45) is 0 Å². The Hall–Kier alpha value is -0.400. The SMILES string of the molecule is CN1C=CN(CCNc2cc([N+](=O)[O-])c(N)cc2Cl)C1.II.[Cl-]. The van der Waals surface area contributed by atoms with Crippen LogP contribution in [0.5, 0.6) is 0 Å². The van der Waals surface area contributed by atoms with Gasteiger partial charge in [0.15, 0.2) is 0 Å². The van der Waals surface area contributed by atoms with Crippen molar-refractivity contribution >= 4 is 65.9 Å². The number of nitro groups is 1. The van der Waals surface area contributed by atoms with Crippen molar-refractivity contribution in [3.63, 3.8) is 0 Å². The summed E-state index contributed by atoms with van der Waals surface area (Å²) >= 11 is 10.3. The minimum Gasteiger partial charge on any atom is -1.00 e. The van der Waals surface area contributed by atoms with Crippen molar-refractivity contribution in [1.29, 1.82) is 0 Å². The van der Waals surface area contributed by atoms with E-state index < -0.39 is 4.92 Å². The summed E-state index contributed by atoms with van der Waals surface area (Å²) in [5.41, 5.74) is 6.00. The fraction of sp³-hybridized carbons (Fsp3) is 0.333. The molecule has 1 aliphatic heterocycles. The van der Waals surface area contributed by atoms with Gasteiger partial charge in [0.2, 0.25) is 0 Å². The van der Waals surface area contributed by atoms with Crippen LogP contribution in [-0.2, 0) is 0 Å². The molecule has 130 valence electrons. The van der Waals surface area contributed by atoms with Gasteiger partial charge in [0.25, 0.3) is 5.69 Å². The van der Waals surface area contributed by atoms with Gasteiger partial charge in [-0.05, 0) is 6.07 Å². The van der Waals surface area contributed by atoms with Crippen LogP contribution in [0.1, 0.15) is 0 Å². The van der Waals surface area contributed by atoms with Gasteiger partial charge in [0.05, 0.1) is 22.3 Å². The van der Waals surface area contributed by atoms with E-state index in [0.717, 1.165) is 13.2 Å². The Balaban J connectivity index is 0.00000155. The van der Waals surface area contributed by atoms with Gasteiger partial charge >= 0.3 is 0 Å². The molecule has 0 radical (unpaired) electrons. The van der Waals surface area contributed by atoms with E-state index in [4.69, 9.17) is 17.3 Å². The predicted molar refractivity (Wildman–Crippen MR) is 108 cm³/mol. The van der Waals surface area contributed by atoms with Gasteiger partial charge in [0, 0.05) is 75.8 Å². The molecule has 2 rings (SSSR count). The molecule has 23 heavy (non-hydrogen) atoms. The first-order chi connectivity index (χ1) is 10.5. The summed E-state index contributed by atoms with van der Waals surface area (Å²) in [6, 6.07) is 2.76. The van der Waals surface area contributed by atoms with Crippen LogP contribution in [0.15, 0.2) is 24.5 Å².